The standard InChI is InChI=1S/C15H21N3O3/c1-3-13(19)17-12-5-4-8-16-14(12)18-9-6-11(7-10-18)15(20)21-2/h4-5,8,11H,3,6-7,9-10H2,1-2H3,(H,17,19). The number of nitrogens with zero attached hydrogens (tertiary/aromatic N) is 2. The van der Waals surface area contributed by atoms with Crippen molar-refractivity contribution in [2.45, 2.75) is 26.2 Å². The highest BCUT2D eigenvalue weighted by Gasteiger charge is 2.27. The van der Waals surface area contributed by atoms with Crippen LogP contribution in [-0.4, -0.2) is 37.1 Å². The van der Waals surface area contributed by atoms with E-state index >= 15 is 0 Å². The maximum atomic E-state index is 11.6. The number of ether oxygens (including phenoxy) is 1. The molecule has 1 aliphatic heterocycles. The third kappa shape index (κ3) is 3.71. The first kappa shape index (κ1) is 15.3. The van der Waals surface area contributed by atoms with Crippen LogP contribution in [0.1, 0.15) is 26.2 Å². The topological polar surface area (TPSA) is 71.5 Å². The molecule has 1 aliphatic rings. The zero-order chi connectivity index (χ0) is 15.2. The number of methoxy groups -OCH3 is 1. The van der Waals surface area contributed by atoms with E-state index in [2.05, 4.69) is 15.2 Å². The molecule has 6 nitrogen and oxygen atoms in total. The van der Waals surface area contributed by atoms with E-state index in [0.717, 1.165) is 37.4 Å². The maximum Gasteiger partial charge on any atom is 0.308 e. The van der Waals surface area contributed by atoms with E-state index in [-0.39, 0.29) is 17.8 Å². The average Bonchev–Trinajstić information content (AvgIpc) is 2.54. The Morgan fingerprint density at radius 2 is 2.14 bits per heavy atom. The number of piperidine rings is 1. The summed E-state index contributed by atoms with van der Waals surface area (Å²) in [5.41, 5.74) is 0.723. The molecule has 0 radical (unpaired) electrons. The molecule has 0 unspecified atom stereocenters. The summed E-state index contributed by atoms with van der Waals surface area (Å²) in [5, 5.41) is 2.87. The number of carbonyl (C=O) groups excluding carboxylic acids is 2. The summed E-state index contributed by atoms with van der Waals surface area (Å²) >= 11 is 0. The molecular weight excluding hydrogens is 270 g/mol. The van der Waals surface area contributed by atoms with E-state index in [1.807, 2.05) is 13.0 Å². The number of rotatable bonds is 4. The van der Waals surface area contributed by atoms with Crippen molar-refractivity contribution in [2.24, 2.45) is 5.92 Å². The van der Waals surface area contributed by atoms with Crippen molar-refractivity contribution in [3.05, 3.63) is 18.3 Å². The molecule has 6 heteroatoms. The lowest BCUT2D eigenvalue weighted by atomic mass is 9.97. The predicted molar refractivity (Wildman–Crippen MR) is 80.1 cm³/mol. The lowest BCUT2D eigenvalue weighted by molar-refractivity contribution is -0.146. The van der Waals surface area contributed by atoms with Crippen LogP contribution in [-0.2, 0) is 14.3 Å². The second kappa shape index (κ2) is 7.06. The number of pyridine rings is 1. The summed E-state index contributed by atoms with van der Waals surface area (Å²) in [6.45, 7) is 3.27. The molecule has 2 rings (SSSR count). The van der Waals surface area contributed by atoms with Crippen molar-refractivity contribution in [2.75, 3.05) is 30.4 Å². The molecule has 21 heavy (non-hydrogen) atoms. The zero-order valence-electron chi connectivity index (χ0n) is 12.5. The fourth-order valence-electron chi connectivity index (χ4n) is 2.48. The molecule has 0 spiro atoms. The van der Waals surface area contributed by atoms with Crippen LogP contribution in [0.5, 0.6) is 0 Å². The molecule has 0 bridgehead atoms. The highest BCUT2D eigenvalue weighted by atomic mass is 16.5. The average molecular weight is 291 g/mol. The smallest absolute Gasteiger partial charge is 0.308 e. The summed E-state index contributed by atoms with van der Waals surface area (Å²) in [6, 6.07) is 3.65. The SMILES string of the molecule is CCC(=O)Nc1cccnc1N1CCC(C(=O)OC)CC1. The van der Waals surface area contributed by atoms with Crippen LogP contribution in [0.3, 0.4) is 0 Å². The largest absolute Gasteiger partial charge is 0.469 e. The normalized spacial score (nSPS) is 15.6. The Morgan fingerprint density at radius 1 is 1.43 bits per heavy atom. The summed E-state index contributed by atoms with van der Waals surface area (Å²) in [5.74, 6) is 0.551. The van der Waals surface area contributed by atoms with Gasteiger partial charge in [-0.25, -0.2) is 4.98 Å². The molecule has 1 N–H and O–H groups in total. The van der Waals surface area contributed by atoms with E-state index in [1.165, 1.54) is 7.11 Å². The summed E-state index contributed by atoms with van der Waals surface area (Å²) < 4.78 is 4.79. The number of hydrogen-bond donors (Lipinski definition) is 1. The van der Waals surface area contributed by atoms with Gasteiger partial charge in [-0.1, -0.05) is 6.92 Å². The molecule has 1 amide bonds. The number of anilines is 2. The van der Waals surface area contributed by atoms with Crippen molar-refractivity contribution >= 4 is 23.4 Å². The van der Waals surface area contributed by atoms with Crippen molar-refractivity contribution in [3.8, 4) is 0 Å². The van der Waals surface area contributed by atoms with Gasteiger partial charge in [-0.2, -0.15) is 0 Å². The molecule has 0 atom stereocenters. The summed E-state index contributed by atoms with van der Waals surface area (Å²) in [7, 11) is 1.42. The van der Waals surface area contributed by atoms with E-state index in [1.54, 1.807) is 12.3 Å². The monoisotopic (exact) mass is 291 g/mol. The van der Waals surface area contributed by atoms with Crippen molar-refractivity contribution in [1.82, 2.24) is 4.98 Å². The molecule has 2 heterocycles. The second-order valence-corrected chi connectivity index (χ2v) is 5.06. The van der Waals surface area contributed by atoms with Gasteiger partial charge in [-0.3, -0.25) is 9.59 Å². The number of esters is 1. The lowest BCUT2D eigenvalue weighted by Crippen LogP contribution is -2.37. The van der Waals surface area contributed by atoms with Crippen LogP contribution in [0.4, 0.5) is 11.5 Å². The van der Waals surface area contributed by atoms with Gasteiger partial charge < -0.3 is 15.0 Å². The zero-order valence-corrected chi connectivity index (χ0v) is 12.5. The Morgan fingerprint density at radius 3 is 2.76 bits per heavy atom. The van der Waals surface area contributed by atoms with Gasteiger partial charge in [0.15, 0.2) is 5.82 Å². The van der Waals surface area contributed by atoms with Gasteiger partial charge in [0.25, 0.3) is 0 Å². The molecule has 0 saturated carbocycles. The van der Waals surface area contributed by atoms with Crippen LogP contribution in [0.15, 0.2) is 18.3 Å². The van der Waals surface area contributed by atoms with Gasteiger partial charge in [-0.05, 0) is 25.0 Å². The van der Waals surface area contributed by atoms with Crippen LogP contribution in [0, 0.1) is 5.92 Å². The van der Waals surface area contributed by atoms with Crippen molar-refractivity contribution in [1.29, 1.82) is 0 Å². The Hall–Kier alpha value is -2.11. The van der Waals surface area contributed by atoms with Crippen molar-refractivity contribution < 1.29 is 14.3 Å². The maximum absolute atomic E-state index is 11.6. The molecule has 0 aromatic carbocycles. The minimum atomic E-state index is -0.143. The Bertz CT molecular complexity index is 511. The van der Waals surface area contributed by atoms with Crippen LogP contribution >= 0.6 is 0 Å². The first-order valence-electron chi connectivity index (χ1n) is 7.23. The van der Waals surface area contributed by atoms with Crippen LogP contribution in [0.25, 0.3) is 0 Å². The number of amides is 1. The first-order valence-corrected chi connectivity index (χ1v) is 7.23. The summed E-state index contributed by atoms with van der Waals surface area (Å²) in [6.07, 6.45) is 3.62. The highest BCUT2D eigenvalue weighted by molar-refractivity contribution is 5.93. The quantitative estimate of drug-likeness (QED) is 0.857. The number of carbonyl (C=O) groups is 2. The highest BCUT2D eigenvalue weighted by Crippen LogP contribution is 2.28. The van der Waals surface area contributed by atoms with E-state index in [0.29, 0.717) is 6.42 Å². The fraction of sp³-hybridized carbons (Fsp3) is 0.533. The number of nitrogens with one attached hydrogen (secondary N) is 1. The van der Waals surface area contributed by atoms with Crippen LogP contribution in [0.2, 0.25) is 0 Å². The minimum absolute atomic E-state index is 0.0336. The van der Waals surface area contributed by atoms with E-state index in [9.17, 15) is 9.59 Å². The molecule has 1 aromatic rings. The predicted octanol–water partition coefficient (Wildman–Crippen LogP) is 1.82. The minimum Gasteiger partial charge on any atom is -0.469 e. The number of hydrogen-bond acceptors (Lipinski definition) is 5. The Labute approximate surface area is 124 Å². The van der Waals surface area contributed by atoms with E-state index < -0.39 is 0 Å². The molecule has 1 fully saturated rings. The van der Waals surface area contributed by atoms with E-state index in [4.69, 9.17) is 4.74 Å². The van der Waals surface area contributed by atoms with Gasteiger partial charge in [-0.15, -0.1) is 0 Å². The molecule has 0 aliphatic carbocycles. The second-order valence-electron chi connectivity index (χ2n) is 5.06. The Kier molecular flexibility index (Phi) is 5.14. The lowest BCUT2D eigenvalue weighted by Gasteiger charge is -2.32. The number of aromatic nitrogens is 1. The fourth-order valence-corrected chi connectivity index (χ4v) is 2.48. The molecular formula is C15H21N3O3. The summed E-state index contributed by atoms with van der Waals surface area (Å²) in [4.78, 5) is 29.6. The van der Waals surface area contributed by atoms with Crippen LogP contribution < -0.4 is 10.2 Å². The van der Waals surface area contributed by atoms with Gasteiger partial charge in [0.1, 0.15) is 0 Å². The van der Waals surface area contributed by atoms with Gasteiger partial charge in [0.2, 0.25) is 5.91 Å². The molecule has 1 aromatic heterocycles. The Balaban J connectivity index is 2.06. The molecule has 1 saturated heterocycles. The molecule has 114 valence electrons. The third-order valence-electron chi connectivity index (χ3n) is 3.71. The van der Waals surface area contributed by atoms with Gasteiger partial charge in [0, 0.05) is 25.7 Å². The first-order chi connectivity index (χ1) is 10.2. The van der Waals surface area contributed by atoms with Gasteiger partial charge in [0.05, 0.1) is 18.7 Å². The van der Waals surface area contributed by atoms with Crippen molar-refractivity contribution in [3.63, 3.8) is 0 Å². The third-order valence-corrected chi connectivity index (χ3v) is 3.71. The van der Waals surface area contributed by atoms with Gasteiger partial charge >= 0.3 is 5.97 Å².